The van der Waals surface area contributed by atoms with Crippen molar-refractivity contribution in [2.75, 3.05) is 23.9 Å². The summed E-state index contributed by atoms with van der Waals surface area (Å²) < 4.78 is 5.98. The first kappa shape index (κ1) is 18.7. The number of carbonyl (C=O) groups is 2. The standard InChI is InChI=1S/C19H18BrClN2O3/c1-11-16(7-6-15(20)18(11)21)22-19(25)12-8-17(24)23(10-12)13-4-3-5-14(9-13)26-2/h3-7,9,12H,8,10H2,1-2H3,(H,22,25)/t12-/m0/s1. The second-order valence-electron chi connectivity index (χ2n) is 6.13. The van der Waals surface area contributed by atoms with Crippen molar-refractivity contribution in [3.63, 3.8) is 0 Å². The lowest BCUT2D eigenvalue weighted by molar-refractivity contribution is -0.122. The maximum absolute atomic E-state index is 12.6. The summed E-state index contributed by atoms with van der Waals surface area (Å²) in [4.78, 5) is 26.6. The van der Waals surface area contributed by atoms with E-state index in [-0.39, 0.29) is 18.2 Å². The largest absolute Gasteiger partial charge is 0.497 e. The van der Waals surface area contributed by atoms with Crippen LogP contribution in [0.25, 0.3) is 0 Å². The molecule has 136 valence electrons. The number of hydrogen-bond donors (Lipinski definition) is 1. The van der Waals surface area contributed by atoms with Crippen LogP contribution < -0.4 is 15.0 Å². The normalized spacial score (nSPS) is 16.7. The molecule has 1 N–H and O–H groups in total. The van der Waals surface area contributed by atoms with Crippen molar-refractivity contribution < 1.29 is 14.3 Å². The van der Waals surface area contributed by atoms with Gasteiger partial charge in [-0.2, -0.15) is 0 Å². The van der Waals surface area contributed by atoms with Crippen molar-refractivity contribution in [1.82, 2.24) is 0 Å². The highest BCUT2D eigenvalue weighted by Crippen LogP contribution is 2.32. The summed E-state index contributed by atoms with van der Waals surface area (Å²) in [5.74, 6) is -0.0203. The zero-order chi connectivity index (χ0) is 18.8. The third-order valence-corrected chi connectivity index (χ3v) is 5.83. The topological polar surface area (TPSA) is 58.6 Å². The molecular weight excluding hydrogens is 420 g/mol. The van der Waals surface area contributed by atoms with Crippen LogP contribution in [0.1, 0.15) is 12.0 Å². The summed E-state index contributed by atoms with van der Waals surface area (Å²) in [5, 5.41) is 3.45. The first-order chi connectivity index (χ1) is 12.4. The molecule has 2 aromatic rings. The van der Waals surface area contributed by atoms with Crippen LogP contribution in [0.2, 0.25) is 5.02 Å². The van der Waals surface area contributed by atoms with Gasteiger partial charge in [-0.3, -0.25) is 9.59 Å². The van der Waals surface area contributed by atoms with Gasteiger partial charge in [-0.05, 0) is 52.7 Å². The Hall–Kier alpha value is -2.05. The molecular formula is C19H18BrClN2O3. The number of carbonyl (C=O) groups excluding carboxylic acids is 2. The van der Waals surface area contributed by atoms with E-state index in [1.165, 1.54) is 0 Å². The Morgan fingerprint density at radius 3 is 2.85 bits per heavy atom. The number of hydrogen-bond acceptors (Lipinski definition) is 3. The van der Waals surface area contributed by atoms with Crippen LogP contribution in [-0.2, 0) is 9.59 Å². The summed E-state index contributed by atoms with van der Waals surface area (Å²) in [7, 11) is 1.58. The van der Waals surface area contributed by atoms with Gasteiger partial charge in [0.25, 0.3) is 0 Å². The molecule has 1 atom stereocenters. The Kier molecular flexibility index (Phi) is 5.53. The average molecular weight is 438 g/mol. The third kappa shape index (κ3) is 3.71. The van der Waals surface area contributed by atoms with Gasteiger partial charge in [-0.15, -0.1) is 0 Å². The third-order valence-electron chi connectivity index (χ3n) is 4.46. The Morgan fingerprint density at radius 2 is 2.12 bits per heavy atom. The first-order valence-electron chi connectivity index (χ1n) is 8.10. The van der Waals surface area contributed by atoms with E-state index in [0.29, 0.717) is 23.0 Å². The fourth-order valence-electron chi connectivity index (χ4n) is 2.93. The fraction of sp³-hybridized carbons (Fsp3) is 0.263. The smallest absolute Gasteiger partial charge is 0.229 e. The maximum Gasteiger partial charge on any atom is 0.229 e. The minimum absolute atomic E-state index is 0.0797. The van der Waals surface area contributed by atoms with Crippen molar-refractivity contribution >= 4 is 50.7 Å². The lowest BCUT2D eigenvalue weighted by Crippen LogP contribution is -2.28. The Bertz CT molecular complexity index is 872. The van der Waals surface area contributed by atoms with Gasteiger partial charge in [-0.1, -0.05) is 17.7 Å². The van der Waals surface area contributed by atoms with Crippen molar-refractivity contribution in [2.24, 2.45) is 5.92 Å². The molecule has 3 rings (SSSR count). The van der Waals surface area contributed by atoms with Crippen molar-refractivity contribution in [3.8, 4) is 5.75 Å². The van der Waals surface area contributed by atoms with Crippen molar-refractivity contribution in [3.05, 3.63) is 51.5 Å². The Morgan fingerprint density at radius 1 is 1.35 bits per heavy atom. The van der Waals surface area contributed by atoms with E-state index in [0.717, 1.165) is 15.7 Å². The van der Waals surface area contributed by atoms with E-state index in [2.05, 4.69) is 21.2 Å². The summed E-state index contributed by atoms with van der Waals surface area (Å²) in [6.45, 7) is 2.17. The van der Waals surface area contributed by atoms with Crippen LogP contribution in [-0.4, -0.2) is 25.5 Å². The second kappa shape index (κ2) is 7.68. The SMILES string of the molecule is COc1cccc(N2C[C@@H](C(=O)Nc3ccc(Br)c(Cl)c3C)CC2=O)c1. The average Bonchev–Trinajstić information content (AvgIpc) is 3.04. The second-order valence-corrected chi connectivity index (χ2v) is 7.36. The molecule has 0 aliphatic carbocycles. The number of halogens is 2. The summed E-state index contributed by atoms with van der Waals surface area (Å²) >= 11 is 9.57. The van der Waals surface area contributed by atoms with Gasteiger partial charge in [0.1, 0.15) is 5.75 Å². The molecule has 7 heteroatoms. The van der Waals surface area contributed by atoms with Crippen LogP contribution in [0.4, 0.5) is 11.4 Å². The lowest BCUT2D eigenvalue weighted by Gasteiger charge is -2.18. The first-order valence-corrected chi connectivity index (χ1v) is 9.27. The maximum atomic E-state index is 12.6. The number of nitrogens with zero attached hydrogens (tertiary/aromatic N) is 1. The number of rotatable bonds is 4. The van der Waals surface area contributed by atoms with Gasteiger partial charge in [0.15, 0.2) is 0 Å². The number of methoxy groups -OCH3 is 1. The zero-order valence-electron chi connectivity index (χ0n) is 14.4. The van der Waals surface area contributed by atoms with Crippen LogP contribution in [0, 0.1) is 12.8 Å². The number of ether oxygens (including phenoxy) is 1. The van der Waals surface area contributed by atoms with Gasteiger partial charge < -0.3 is 15.0 Å². The van der Waals surface area contributed by atoms with E-state index >= 15 is 0 Å². The Labute approximate surface area is 165 Å². The summed E-state index contributed by atoms with van der Waals surface area (Å²) in [6, 6.07) is 10.8. The van der Waals surface area contributed by atoms with Gasteiger partial charge in [0.2, 0.25) is 11.8 Å². The van der Waals surface area contributed by atoms with E-state index in [1.54, 1.807) is 30.2 Å². The van der Waals surface area contributed by atoms with E-state index < -0.39 is 5.92 Å². The summed E-state index contributed by atoms with van der Waals surface area (Å²) in [6.07, 6.45) is 0.173. The highest BCUT2D eigenvalue weighted by molar-refractivity contribution is 9.10. The lowest BCUT2D eigenvalue weighted by atomic mass is 10.1. The highest BCUT2D eigenvalue weighted by Gasteiger charge is 2.35. The number of nitrogens with one attached hydrogen (secondary N) is 1. The van der Waals surface area contributed by atoms with Gasteiger partial charge >= 0.3 is 0 Å². The minimum Gasteiger partial charge on any atom is -0.497 e. The monoisotopic (exact) mass is 436 g/mol. The highest BCUT2D eigenvalue weighted by atomic mass is 79.9. The molecule has 0 aromatic heterocycles. The zero-order valence-corrected chi connectivity index (χ0v) is 16.7. The fourth-order valence-corrected chi connectivity index (χ4v) is 3.53. The molecule has 1 heterocycles. The Balaban J connectivity index is 1.74. The quantitative estimate of drug-likeness (QED) is 0.771. The number of anilines is 2. The van der Waals surface area contributed by atoms with E-state index in [1.807, 2.05) is 25.1 Å². The predicted octanol–water partition coefficient (Wildman–Crippen LogP) is 4.41. The number of benzene rings is 2. The van der Waals surface area contributed by atoms with Crippen LogP contribution >= 0.6 is 27.5 Å². The molecule has 0 spiro atoms. The molecule has 0 bridgehead atoms. The molecule has 0 radical (unpaired) electrons. The molecule has 0 saturated carbocycles. The van der Waals surface area contributed by atoms with Crippen molar-refractivity contribution in [1.29, 1.82) is 0 Å². The molecule has 1 saturated heterocycles. The van der Waals surface area contributed by atoms with E-state index in [4.69, 9.17) is 16.3 Å². The van der Waals surface area contributed by atoms with Gasteiger partial charge in [-0.25, -0.2) is 0 Å². The minimum atomic E-state index is -0.421. The van der Waals surface area contributed by atoms with Crippen LogP contribution in [0.15, 0.2) is 40.9 Å². The van der Waals surface area contributed by atoms with Crippen LogP contribution in [0.3, 0.4) is 0 Å². The molecule has 26 heavy (non-hydrogen) atoms. The summed E-state index contributed by atoms with van der Waals surface area (Å²) in [5.41, 5.74) is 2.16. The van der Waals surface area contributed by atoms with Gasteiger partial charge in [0, 0.05) is 34.9 Å². The molecule has 2 amide bonds. The van der Waals surface area contributed by atoms with Crippen LogP contribution in [0.5, 0.6) is 5.75 Å². The molecule has 2 aromatic carbocycles. The van der Waals surface area contributed by atoms with E-state index in [9.17, 15) is 9.59 Å². The molecule has 1 fully saturated rings. The number of amides is 2. The van der Waals surface area contributed by atoms with Crippen molar-refractivity contribution in [2.45, 2.75) is 13.3 Å². The molecule has 1 aliphatic heterocycles. The molecule has 0 unspecified atom stereocenters. The molecule has 1 aliphatic rings. The molecule has 5 nitrogen and oxygen atoms in total. The predicted molar refractivity (Wildman–Crippen MR) is 106 cm³/mol. The van der Waals surface area contributed by atoms with Gasteiger partial charge in [0.05, 0.1) is 18.1 Å².